The minimum absolute atomic E-state index is 0.0104. The zero-order valence-corrected chi connectivity index (χ0v) is 12.1. The maximum Gasteiger partial charge on any atom is 0.220 e. The highest BCUT2D eigenvalue weighted by molar-refractivity contribution is 5.76. The summed E-state index contributed by atoms with van der Waals surface area (Å²) in [6, 6.07) is 5.96. The quantitative estimate of drug-likeness (QED) is 0.834. The first kappa shape index (κ1) is 14.4. The van der Waals surface area contributed by atoms with E-state index in [-0.39, 0.29) is 11.7 Å². The van der Waals surface area contributed by atoms with Gasteiger partial charge in [-0.1, -0.05) is 12.2 Å². The van der Waals surface area contributed by atoms with Crippen molar-refractivity contribution in [2.45, 2.75) is 25.8 Å². The molecule has 2 aromatic rings. The monoisotopic (exact) mass is 300 g/mol. The Morgan fingerprint density at radius 3 is 2.91 bits per heavy atom. The average molecular weight is 300 g/mol. The van der Waals surface area contributed by atoms with E-state index in [4.69, 9.17) is 0 Å². The first-order valence-corrected chi connectivity index (χ1v) is 7.31. The fourth-order valence-electron chi connectivity index (χ4n) is 2.46. The number of aromatic nitrogens is 3. The standard InChI is InChI=1S/C16H17FN4O/c17-13-7-5-12(6-8-13)16-19-14(20-21-16)10-18-15(22)9-11-3-1-2-4-11/h1,3,5-8,11H,2,4,9-10H2,(H,18,22)(H,19,20,21)/t11-/m0/s1. The Morgan fingerprint density at radius 1 is 1.36 bits per heavy atom. The van der Waals surface area contributed by atoms with Crippen molar-refractivity contribution in [3.8, 4) is 11.4 Å². The molecule has 0 radical (unpaired) electrons. The summed E-state index contributed by atoms with van der Waals surface area (Å²) in [7, 11) is 0. The highest BCUT2D eigenvalue weighted by Crippen LogP contribution is 2.20. The van der Waals surface area contributed by atoms with Crippen LogP contribution in [-0.2, 0) is 11.3 Å². The topological polar surface area (TPSA) is 70.7 Å². The lowest BCUT2D eigenvalue weighted by Gasteiger charge is -2.07. The van der Waals surface area contributed by atoms with Gasteiger partial charge in [0, 0.05) is 12.0 Å². The molecule has 1 atom stereocenters. The van der Waals surface area contributed by atoms with Crippen LogP contribution in [0.15, 0.2) is 36.4 Å². The van der Waals surface area contributed by atoms with Crippen LogP contribution < -0.4 is 5.32 Å². The predicted molar refractivity (Wildman–Crippen MR) is 80.1 cm³/mol. The molecule has 2 N–H and O–H groups in total. The number of H-pyrrole nitrogens is 1. The van der Waals surface area contributed by atoms with Crippen molar-refractivity contribution in [3.63, 3.8) is 0 Å². The summed E-state index contributed by atoms with van der Waals surface area (Å²) in [4.78, 5) is 16.1. The minimum Gasteiger partial charge on any atom is -0.349 e. The molecule has 0 bridgehead atoms. The molecule has 1 aliphatic rings. The minimum atomic E-state index is -0.298. The van der Waals surface area contributed by atoms with Crippen LogP contribution in [0.1, 0.15) is 25.1 Å². The molecule has 3 rings (SSSR count). The van der Waals surface area contributed by atoms with Gasteiger partial charge in [-0.05, 0) is 43.0 Å². The van der Waals surface area contributed by atoms with Gasteiger partial charge in [-0.3, -0.25) is 9.89 Å². The number of aromatic amines is 1. The normalized spacial score (nSPS) is 16.9. The number of allylic oxidation sites excluding steroid dienone is 2. The molecule has 0 unspecified atom stereocenters. The van der Waals surface area contributed by atoms with Gasteiger partial charge in [-0.25, -0.2) is 9.37 Å². The molecule has 0 aliphatic heterocycles. The lowest BCUT2D eigenvalue weighted by Crippen LogP contribution is -2.24. The number of carbonyl (C=O) groups excluding carboxylic acids is 1. The first-order valence-electron chi connectivity index (χ1n) is 7.31. The molecule has 6 heteroatoms. The maximum atomic E-state index is 12.9. The van der Waals surface area contributed by atoms with Crippen LogP contribution in [0, 0.1) is 11.7 Å². The number of amides is 1. The molecule has 0 fully saturated rings. The van der Waals surface area contributed by atoms with Gasteiger partial charge in [0.25, 0.3) is 0 Å². The van der Waals surface area contributed by atoms with Gasteiger partial charge >= 0.3 is 0 Å². The summed E-state index contributed by atoms with van der Waals surface area (Å²) in [5.74, 6) is 1.13. The van der Waals surface area contributed by atoms with Gasteiger partial charge in [-0.2, -0.15) is 5.10 Å². The van der Waals surface area contributed by atoms with Crippen molar-refractivity contribution in [1.29, 1.82) is 0 Å². The summed E-state index contributed by atoms with van der Waals surface area (Å²) in [5, 5.41) is 9.69. The number of nitrogens with one attached hydrogen (secondary N) is 2. The van der Waals surface area contributed by atoms with Gasteiger partial charge in [0.2, 0.25) is 5.91 Å². The van der Waals surface area contributed by atoms with Crippen molar-refractivity contribution < 1.29 is 9.18 Å². The second kappa shape index (κ2) is 6.51. The van der Waals surface area contributed by atoms with Crippen LogP contribution in [-0.4, -0.2) is 21.1 Å². The number of nitrogens with zero attached hydrogens (tertiary/aromatic N) is 2. The van der Waals surface area contributed by atoms with Crippen molar-refractivity contribution >= 4 is 5.91 Å². The molecule has 1 aromatic heterocycles. The SMILES string of the molecule is O=C(C[C@H]1C=CCC1)NCc1nc(-c2ccc(F)cc2)n[nH]1. The summed E-state index contributed by atoms with van der Waals surface area (Å²) in [6.45, 7) is 0.309. The van der Waals surface area contributed by atoms with E-state index in [1.54, 1.807) is 12.1 Å². The molecule has 0 saturated carbocycles. The molecule has 0 spiro atoms. The Hall–Kier alpha value is -2.50. The Bertz CT molecular complexity index is 678. The van der Waals surface area contributed by atoms with E-state index in [0.29, 0.717) is 30.5 Å². The molecular weight excluding hydrogens is 283 g/mol. The highest BCUT2D eigenvalue weighted by Gasteiger charge is 2.14. The Kier molecular flexibility index (Phi) is 4.27. The number of carbonyl (C=O) groups is 1. The zero-order chi connectivity index (χ0) is 15.4. The fourth-order valence-corrected chi connectivity index (χ4v) is 2.46. The van der Waals surface area contributed by atoms with Crippen molar-refractivity contribution in [1.82, 2.24) is 20.5 Å². The van der Waals surface area contributed by atoms with Crippen LogP contribution in [0.3, 0.4) is 0 Å². The smallest absolute Gasteiger partial charge is 0.220 e. The first-order chi connectivity index (χ1) is 10.7. The number of benzene rings is 1. The third-order valence-electron chi connectivity index (χ3n) is 3.65. The summed E-state index contributed by atoms with van der Waals surface area (Å²) < 4.78 is 12.9. The van der Waals surface area contributed by atoms with Gasteiger partial charge in [0.15, 0.2) is 5.82 Å². The van der Waals surface area contributed by atoms with Crippen molar-refractivity contribution in [2.24, 2.45) is 5.92 Å². The lowest BCUT2D eigenvalue weighted by atomic mass is 10.1. The average Bonchev–Trinajstić information content (AvgIpc) is 3.17. The van der Waals surface area contributed by atoms with Crippen LogP contribution >= 0.6 is 0 Å². The van der Waals surface area contributed by atoms with E-state index < -0.39 is 0 Å². The molecule has 5 nitrogen and oxygen atoms in total. The molecule has 114 valence electrons. The van der Waals surface area contributed by atoms with E-state index >= 15 is 0 Å². The molecule has 1 aromatic carbocycles. The summed E-state index contributed by atoms with van der Waals surface area (Å²) in [6.07, 6.45) is 6.82. The van der Waals surface area contributed by atoms with Crippen molar-refractivity contribution in [3.05, 3.63) is 48.1 Å². The van der Waals surface area contributed by atoms with E-state index in [2.05, 4.69) is 32.7 Å². The number of hydrogen-bond donors (Lipinski definition) is 2. The number of rotatable bonds is 5. The second-order valence-corrected chi connectivity index (χ2v) is 5.36. The fraction of sp³-hybridized carbons (Fsp3) is 0.312. The summed E-state index contributed by atoms with van der Waals surface area (Å²) >= 11 is 0. The largest absolute Gasteiger partial charge is 0.349 e. The molecule has 1 amide bonds. The second-order valence-electron chi connectivity index (χ2n) is 5.36. The van der Waals surface area contributed by atoms with Crippen LogP contribution in [0.4, 0.5) is 4.39 Å². The third kappa shape index (κ3) is 3.58. The molecular formula is C16H17FN4O. The van der Waals surface area contributed by atoms with E-state index in [1.807, 2.05) is 0 Å². The van der Waals surface area contributed by atoms with Crippen LogP contribution in [0.5, 0.6) is 0 Å². The molecule has 1 aliphatic carbocycles. The van der Waals surface area contributed by atoms with Crippen LogP contribution in [0.25, 0.3) is 11.4 Å². The van der Waals surface area contributed by atoms with E-state index in [0.717, 1.165) is 18.4 Å². The zero-order valence-electron chi connectivity index (χ0n) is 12.1. The van der Waals surface area contributed by atoms with E-state index in [9.17, 15) is 9.18 Å². The van der Waals surface area contributed by atoms with Crippen molar-refractivity contribution in [2.75, 3.05) is 0 Å². The van der Waals surface area contributed by atoms with E-state index in [1.165, 1.54) is 12.1 Å². The Labute approximate surface area is 127 Å². The number of halogens is 1. The number of hydrogen-bond acceptors (Lipinski definition) is 3. The van der Waals surface area contributed by atoms with Gasteiger partial charge < -0.3 is 5.32 Å². The molecule has 22 heavy (non-hydrogen) atoms. The Morgan fingerprint density at radius 2 is 2.18 bits per heavy atom. The predicted octanol–water partition coefficient (Wildman–Crippen LogP) is 2.58. The van der Waals surface area contributed by atoms with Gasteiger partial charge in [-0.15, -0.1) is 0 Å². The van der Waals surface area contributed by atoms with Gasteiger partial charge in [0.1, 0.15) is 11.6 Å². The third-order valence-corrected chi connectivity index (χ3v) is 3.65. The highest BCUT2D eigenvalue weighted by atomic mass is 19.1. The maximum absolute atomic E-state index is 12.9. The molecule has 0 saturated heterocycles. The summed E-state index contributed by atoms with van der Waals surface area (Å²) in [5.41, 5.74) is 0.728. The molecule has 1 heterocycles. The van der Waals surface area contributed by atoms with Gasteiger partial charge in [0.05, 0.1) is 6.54 Å². The lowest BCUT2D eigenvalue weighted by molar-refractivity contribution is -0.121. The Balaban J connectivity index is 1.54. The van der Waals surface area contributed by atoms with Crippen LogP contribution in [0.2, 0.25) is 0 Å².